The van der Waals surface area contributed by atoms with E-state index in [0.29, 0.717) is 25.6 Å². The number of ether oxygens (including phenoxy) is 3. The first-order valence-electron chi connectivity index (χ1n) is 6.60. The molecule has 0 aromatic heterocycles. The molecule has 18 heavy (non-hydrogen) atoms. The quantitative estimate of drug-likeness (QED) is 0.534. The lowest BCUT2D eigenvalue weighted by molar-refractivity contribution is -0.162. The molecule has 0 spiro atoms. The predicted molar refractivity (Wildman–Crippen MR) is 64.9 cm³/mol. The number of esters is 2. The Hall–Kier alpha value is -1.10. The molecule has 0 bridgehead atoms. The second-order valence-corrected chi connectivity index (χ2v) is 4.35. The van der Waals surface area contributed by atoms with Crippen molar-refractivity contribution in [3.8, 4) is 0 Å². The molecule has 1 aliphatic heterocycles. The molecule has 0 aromatic carbocycles. The minimum Gasteiger partial charge on any atom is -0.465 e. The lowest BCUT2D eigenvalue weighted by atomic mass is 9.89. The van der Waals surface area contributed by atoms with Crippen LogP contribution in [-0.4, -0.2) is 38.4 Å². The molecule has 0 aromatic rings. The van der Waals surface area contributed by atoms with E-state index in [1.54, 1.807) is 13.8 Å². The normalized spacial score (nSPS) is 16.6. The van der Waals surface area contributed by atoms with Gasteiger partial charge in [0.1, 0.15) is 0 Å². The number of hydrogen-bond donors (Lipinski definition) is 0. The van der Waals surface area contributed by atoms with Crippen LogP contribution >= 0.6 is 0 Å². The van der Waals surface area contributed by atoms with Gasteiger partial charge >= 0.3 is 11.9 Å². The monoisotopic (exact) mass is 258 g/mol. The van der Waals surface area contributed by atoms with E-state index in [1.165, 1.54) is 0 Å². The smallest absolute Gasteiger partial charge is 0.320 e. The van der Waals surface area contributed by atoms with Crippen LogP contribution in [0.25, 0.3) is 0 Å². The summed E-state index contributed by atoms with van der Waals surface area (Å²) in [5, 5.41) is 0. The van der Waals surface area contributed by atoms with Gasteiger partial charge in [0.25, 0.3) is 0 Å². The highest BCUT2D eigenvalue weighted by molar-refractivity contribution is 5.94. The average molecular weight is 258 g/mol. The average Bonchev–Trinajstić information content (AvgIpc) is 2.37. The first kappa shape index (κ1) is 15.0. The molecule has 5 nitrogen and oxygen atoms in total. The van der Waals surface area contributed by atoms with Gasteiger partial charge in [0.2, 0.25) is 0 Å². The molecule has 104 valence electrons. The van der Waals surface area contributed by atoms with Gasteiger partial charge in [-0.15, -0.1) is 0 Å². The Kier molecular flexibility index (Phi) is 6.72. The van der Waals surface area contributed by atoms with Crippen LogP contribution < -0.4 is 0 Å². The van der Waals surface area contributed by atoms with E-state index in [-0.39, 0.29) is 13.2 Å². The van der Waals surface area contributed by atoms with Crippen molar-refractivity contribution < 1.29 is 23.8 Å². The van der Waals surface area contributed by atoms with Gasteiger partial charge in [0.15, 0.2) is 5.92 Å². The van der Waals surface area contributed by atoms with Crippen molar-refractivity contribution in [2.75, 3.05) is 26.4 Å². The summed E-state index contributed by atoms with van der Waals surface area (Å²) < 4.78 is 15.1. The van der Waals surface area contributed by atoms with E-state index in [2.05, 4.69) is 0 Å². The third-order valence-electron chi connectivity index (χ3n) is 3.05. The molecule has 5 heteroatoms. The van der Waals surface area contributed by atoms with E-state index in [0.717, 1.165) is 12.8 Å². The molecule has 0 amide bonds. The van der Waals surface area contributed by atoms with Crippen LogP contribution in [0.2, 0.25) is 0 Å². The van der Waals surface area contributed by atoms with E-state index >= 15 is 0 Å². The molecule has 1 fully saturated rings. The van der Waals surface area contributed by atoms with Crippen LogP contribution in [0.1, 0.15) is 33.1 Å². The fourth-order valence-corrected chi connectivity index (χ4v) is 2.09. The molecule has 0 saturated carbocycles. The van der Waals surface area contributed by atoms with Gasteiger partial charge in [-0.3, -0.25) is 9.59 Å². The van der Waals surface area contributed by atoms with Gasteiger partial charge in [-0.25, -0.2) is 0 Å². The van der Waals surface area contributed by atoms with Crippen LogP contribution in [-0.2, 0) is 23.8 Å². The SMILES string of the molecule is CCOC(=O)C(CC1CCOCC1)C(=O)OCC. The first-order valence-corrected chi connectivity index (χ1v) is 6.60. The fourth-order valence-electron chi connectivity index (χ4n) is 2.09. The second kappa shape index (κ2) is 8.08. The molecule has 1 aliphatic rings. The lowest BCUT2D eigenvalue weighted by Crippen LogP contribution is -2.31. The van der Waals surface area contributed by atoms with Crippen molar-refractivity contribution >= 4 is 11.9 Å². The highest BCUT2D eigenvalue weighted by atomic mass is 16.6. The Balaban J connectivity index is 2.57. The second-order valence-electron chi connectivity index (χ2n) is 4.35. The van der Waals surface area contributed by atoms with Crippen LogP contribution in [0.15, 0.2) is 0 Å². The lowest BCUT2D eigenvalue weighted by Gasteiger charge is -2.24. The van der Waals surface area contributed by atoms with Crippen molar-refractivity contribution in [2.45, 2.75) is 33.1 Å². The molecule has 0 N–H and O–H groups in total. The molecular weight excluding hydrogens is 236 g/mol. The van der Waals surface area contributed by atoms with Crippen LogP contribution in [0.4, 0.5) is 0 Å². The van der Waals surface area contributed by atoms with Crippen molar-refractivity contribution in [3.63, 3.8) is 0 Å². The third-order valence-corrected chi connectivity index (χ3v) is 3.05. The maximum Gasteiger partial charge on any atom is 0.320 e. The van der Waals surface area contributed by atoms with Gasteiger partial charge < -0.3 is 14.2 Å². The summed E-state index contributed by atoms with van der Waals surface area (Å²) in [6.45, 7) is 5.42. The third kappa shape index (κ3) is 4.64. The molecule has 0 aliphatic carbocycles. The summed E-state index contributed by atoms with van der Waals surface area (Å²) in [6.07, 6.45) is 2.27. The van der Waals surface area contributed by atoms with E-state index < -0.39 is 17.9 Å². The Labute approximate surface area is 108 Å². The van der Waals surface area contributed by atoms with Gasteiger partial charge in [-0.05, 0) is 39.0 Å². The minimum atomic E-state index is -0.784. The molecule has 0 unspecified atom stereocenters. The van der Waals surface area contributed by atoms with E-state index in [9.17, 15) is 9.59 Å². The molecule has 0 atom stereocenters. The number of hydrogen-bond acceptors (Lipinski definition) is 5. The summed E-state index contributed by atoms with van der Waals surface area (Å²) >= 11 is 0. The zero-order chi connectivity index (χ0) is 13.4. The maximum atomic E-state index is 11.8. The minimum absolute atomic E-state index is 0.280. The first-order chi connectivity index (χ1) is 8.69. The van der Waals surface area contributed by atoms with Gasteiger partial charge in [0, 0.05) is 13.2 Å². The van der Waals surface area contributed by atoms with Gasteiger partial charge in [-0.1, -0.05) is 0 Å². The number of carbonyl (C=O) groups is 2. The summed E-state index contributed by atoms with van der Waals surface area (Å²) in [5.74, 6) is -1.39. The Morgan fingerprint density at radius 3 is 2.06 bits per heavy atom. The van der Waals surface area contributed by atoms with Crippen molar-refractivity contribution in [3.05, 3.63) is 0 Å². The molecular formula is C13H22O5. The fraction of sp³-hybridized carbons (Fsp3) is 0.846. The standard InChI is InChI=1S/C13H22O5/c1-3-17-12(14)11(13(15)18-4-2)9-10-5-7-16-8-6-10/h10-11H,3-9H2,1-2H3. The number of rotatable bonds is 6. The van der Waals surface area contributed by atoms with Crippen LogP contribution in [0.5, 0.6) is 0 Å². The molecule has 1 rings (SSSR count). The highest BCUT2D eigenvalue weighted by Crippen LogP contribution is 2.24. The zero-order valence-electron chi connectivity index (χ0n) is 11.1. The zero-order valence-corrected chi connectivity index (χ0v) is 11.1. The summed E-state index contributed by atoms with van der Waals surface area (Å²) in [5.41, 5.74) is 0. The molecule has 1 heterocycles. The van der Waals surface area contributed by atoms with Crippen molar-refractivity contribution in [1.29, 1.82) is 0 Å². The van der Waals surface area contributed by atoms with Gasteiger partial charge in [-0.2, -0.15) is 0 Å². The largest absolute Gasteiger partial charge is 0.465 e. The number of carbonyl (C=O) groups excluding carboxylic acids is 2. The van der Waals surface area contributed by atoms with E-state index in [1.807, 2.05) is 0 Å². The van der Waals surface area contributed by atoms with Crippen molar-refractivity contribution in [1.82, 2.24) is 0 Å². The van der Waals surface area contributed by atoms with Crippen LogP contribution in [0.3, 0.4) is 0 Å². The Morgan fingerprint density at radius 1 is 1.11 bits per heavy atom. The van der Waals surface area contributed by atoms with Gasteiger partial charge in [0.05, 0.1) is 13.2 Å². The predicted octanol–water partition coefficient (Wildman–Crippen LogP) is 1.55. The summed E-state index contributed by atoms with van der Waals surface area (Å²) in [7, 11) is 0. The van der Waals surface area contributed by atoms with Crippen molar-refractivity contribution in [2.24, 2.45) is 11.8 Å². The summed E-state index contributed by atoms with van der Waals surface area (Å²) in [4.78, 5) is 23.6. The van der Waals surface area contributed by atoms with E-state index in [4.69, 9.17) is 14.2 Å². The highest BCUT2D eigenvalue weighted by Gasteiger charge is 2.32. The Morgan fingerprint density at radius 2 is 1.61 bits per heavy atom. The Bertz CT molecular complexity index is 253. The van der Waals surface area contributed by atoms with Crippen LogP contribution in [0, 0.1) is 11.8 Å². The molecule has 1 saturated heterocycles. The topological polar surface area (TPSA) is 61.8 Å². The molecule has 0 radical (unpaired) electrons. The summed E-state index contributed by atoms with van der Waals surface area (Å²) in [6, 6.07) is 0. The maximum absolute atomic E-state index is 11.8.